The Morgan fingerprint density at radius 1 is 1.00 bits per heavy atom. The fourth-order valence-electron chi connectivity index (χ4n) is 2.21. The van der Waals surface area contributed by atoms with Gasteiger partial charge in [-0.25, -0.2) is 4.57 Å². The van der Waals surface area contributed by atoms with E-state index in [0.717, 1.165) is 15.7 Å². The molecule has 10 heteroatoms. The van der Waals surface area contributed by atoms with E-state index in [9.17, 15) is 33.8 Å². The Hall–Kier alpha value is -1.37. The monoisotopic (exact) mass is 374 g/mol. The van der Waals surface area contributed by atoms with Crippen LogP contribution in [0.15, 0.2) is 48.8 Å². The molecule has 8 nitrogen and oxygen atoms in total. The van der Waals surface area contributed by atoms with Crippen LogP contribution in [0.4, 0.5) is 0 Å². The average Bonchev–Trinajstić information content (AvgIpc) is 2.45. The van der Waals surface area contributed by atoms with Gasteiger partial charge in [0.1, 0.15) is 0 Å². The molecule has 0 saturated heterocycles. The predicted octanol–water partition coefficient (Wildman–Crippen LogP) is 0.951. The van der Waals surface area contributed by atoms with Crippen LogP contribution in [0.25, 0.3) is 11.1 Å². The van der Waals surface area contributed by atoms with E-state index in [4.69, 9.17) is 0 Å². The highest BCUT2D eigenvalue weighted by atomic mass is 31.2. The summed E-state index contributed by atoms with van der Waals surface area (Å²) in [7, 11) is -11.0. The van der Waals surface area contributed by atoms with Gasteiger partial charge in [-0.2, -0.15) is 0 Å². The minimum Gasteiger partial charge on any atom is -0.363 e. The number of benzene rings is 1. The van der Waals surface area contributed by atoms with Crippen LogP contribution in [-0.2, 0) is 15.7 Å². The van der Waals surface area contributed by atoms with Gasteiger partial charge in [0.05, 0.1) is 0 Å². The van der Waals surface area contributed by atoms with E-state index < -0.39 is 26.8 Å². The van der Waals surface area contributed by atoms with Gasteiger partial charge in [-0.05, 0) is 18.6 Å². The molecule has 2 aromatic rings. The maximum Gasteiger partial charge on any atom is 0.376 e. The van der Waals surface area contributed by atoms with Crippen LogP contribution >= 0.6 is 15.2 Å². The average molecular weight is 374 g/mol. The van der Waals surface area contributed by atoms with Crippen molar-refractivity contribution in [1.29, 1.82) is 0 Å². The summed E-state index contributed by atoms with van der Waals surface area (Å²) in [6, 6.07) is 10.7. The maximum atomic E-state index is 11.4. The van der Waals surface area contributed by atoms with E-state index >= 15 is 0 Å². The van der Waals surface area contributed by atoms with Gasteiger partial charge in [0.25, 0.3) is 0 Å². The lowest BCUT2D eigenvalue weighted by Crippen LogP contribution is -2.47. The summed E-state index contributed by atoms with van der Waals surface area (Å²) < 4.78 is 24.0. The third-order valence-electron chi connectivity index (χ3n) is 3.54. The summed E-state index contributed by atoms with van der Waals surface area (Å²) in [4.78, 5) is 36.8. The third-order valence-corrected chi connectivity index (χ3v) is 7.25. The molecule has 24 heavy (non-hydrogen) atoms. The van der Waals surface area contributed by atoms with Gasteiger partial charge in [0.2, 0.25) is 6.54 Å². The van der Waals surface area contributed by atoms with Gasteiger partial charge in [-0.3, -0.25) is 9.13 Å². The zero-order valence-electron chi connectivity index (χ0n) is 12.7. The Bertz CT molecular complexity index is 821. The largest absolute Gasteiger partial charge is 0.376 e. The number of hydrogen-bond acceptors (Lipinski definition) is 3. The van der Waals surface area contributed by atoms with Gasteiger partial charge in [0, 0.05) is 11.6 Å². The molecule has 0 radical (unpaired) electrons. The van der Waals surface area contributed by atoms with Gasteiger partial charge < -0.3 is 24.7 Å². The highest BCUT2D eigenvalue weighted by Gasteiger charge is 2.62. The molecule has 0 aliphatic carbocycles. The Kier molecular flexibility index (Phi) is 5.14. The summed E-state index contributed by atoms with van der Waals surface area (Å²) in [5.41, 5.74) is 2.49. The molecule has 0 unspecified atom stereocenters. The van der Waals surface area contributed by atoms with E-state index in [1.807, 2.05) is 31.2 Å². The van der Waals surface area contributed by atoms with E-state index in [2.05, 4.69) is 0 Å². The lowest BCUT2D eigenvalue weighted by Gasteiger charge is -2.26. The summed E-state index contributed by atoms with van der Waals surface area (Å²) in [5, 5.41) is 6.51. The van der Waals surface area contributed by atoms with Crippen molar-refractivity contribution in [3.8, 4) is 11.1 Å². The van der Waals surface area contributed by atoms with Gasteiger partial charge >= 0.3 is 20.3 Å². The minimum absolute atomic E-state index is 0.667. The molecule has 130 valence electrons. The molecule has 0 aliphatic heterocycles. The molecule has 0 bridgehead atoms. The number of pyridine rings is 1. The Morgan fingerprint density at radius 2 is 1.58 bits per heavy atom. The molecule has 0 atom stereocenters. The van der Waals surface area contributed by atoms with Crippen molar-refractivity contribution >= 4 is 15.2 Å². The smallest absolute Gasteiger partial charge is 0.363 e. The lowest BCUT2D eigenvalue weighted by molar-refractivity contribution is -0.703. The molecule has 1 heterocycles. The first-order valence-electron chi connectivity index (χ1n) is 6.84. The maximum absolute atomic E-state index is 11.4. The molecule has 2 rings (SSSR count). The molecule has 1 aromatic heterocycles. The summed E-state index contributed by atoms with van der Waals surface area (Å²) >= 11 is 0. The third kappa shape index (κ3) is 3.82. The topological polar surface area (TPSA) is 139 Å². The van der Waals surface area contributed by atoms with Crippen LogP contribution in [0.5, 0.6) is 0 Å². The highest BCUT2D eigenvalue weighted by molar-refractivity contribution is 7.72. The molecule has 0 aliphatic rings. The zero-order valence-corrected chi connectivity index (χ0v) is 14.5. The summed E-state index contributed by atoms with van der Waals surface area (Å²) in [6.45, 7) is 0.946. The van der Waals surface area contributed by atoms with Crippen molar-refractivity contribution < 1.29 is 38.4 Å². The Morgan fingerprint density at radius 3 is 2.12 bits per heavy atom. The molecule has 0 fully saturated rings. The van der Waals surface area contributed by atoms with Gasteiger partial charge in [-0.1, -0.05) is 29.8 Å². The van der Waals surface area contributed by atoms with Gasteiger partial charge in [0.15, 0.2) is 12.4 Å². The standard InChI is InChI=1S/C14H17NO7P2/c1-11-4-2-5-12(8-11)13-6-3-7-15(9-13)10-14(16,23(17,18)19)24(20,21)22/h2-9,16H,10H2,1H3,(H3-,17,18,19,20,21,22)/p+1. The zero-order chi connectivity index (χ0) is 18.2. The normalized spacial score (nSPS) is 13.1. The predicted molar refractivity (Wildman–Crippen MR) is 85.8 cm³/mol. The first-order chi connectivity index (χ1) is 10.9. The lowest BCUT2D eigenvalue weighted by atomic mass is 10.1. The number of aromatic nitrogens is 1. The van der Waals surface area contributed by atoms with Gasteiger partial charge in [-0.15, -0.1) is 0 Å². The van der Waals surface area contributed by atoms with Crippen LogP contribution in [0.3, 0.4) is 0 Å². The van der Waals surface area contributed by atoms with Crippen LogP contribution in [0, 0.1) is 6.92 Å². The second-order valence-electron chi connectivity index (χ2n) is 5.50. The SMILES string of the molecule is Cc1cccc(-c2ccc[n+](CC(O)(P(=O)(O)O)P(=O)(O)O)c2)c1. The summed E-state index contributed by atoms with van der Waals surface area (Å²) in [5.74, 6) is 0. The fraction of sp³-hybridized carbons (Fsp3) is 0.214. The molecule has 5 N–H and O–H groups in total. The van der Waals surface area contributed by atoms with Crippen molar-refractivity contribution in [2.24, 2.45) is 0 Å². The second kappa shape index (κ2) is 6.50. The number of aryl methyl sites for hydroxylation is 1. The molecule has 1 aromatic carbocycles. The van der Waals surface area contributed by atoms with Crippen LogP contribution < -0.4 is 4.57 Å². The fourth-order valence-corrected chi connectivity index (χ4v) is 4.27. The number of hydrogen-bond donors (Lipinski definition) is 5. The summed E-state index contributed by atoms with van der Waals surface area (Å²) in [6.07, 6.45) is 2.81. The first kappa shape index (κ1) is 19.0. The van der Waals surface area contributed by atoms with E-state index in [0.29, 0.717) is 5.56 Å². The van der Waals surface area contributed by atoms with Crippen LogP contribution in [0.1, 0.15) is 5.56 Å². The van der Waals surface area contributed by atoms with Crippen LogP contribution in [-0.4, -0.2) is 29.8 Å². The molecule has 0 spiro atoms. The Labute approximate surface area is 138 Å². The van der Waals surface area contributed by atoms with Crippen molar-refractivity contribution in [3.63, 3.8) is 0 Å². The molecular formula is C14H18NO7P2+. The highest BCUT2D eigenvalue weighted by Crippen LogP contribution is 2.67. The minimum atomic E-state index is -5.50. The van der Waals surface area contributed by atoms with Crippen molar-refractivity contribution in [1.82, 2.24) is 0 Å². The van der Waals surface area contributed by atoms with Crippen molar-refractivity contribution in [2.45, 2.75) is 18.6 Å². The molecular weight excluding hydrogens is 356 g/mol. The Balaban J connectivity index is 2.45. The molecule has 0 amide bonds. The quantitative estimate of drug-likeness (QED) is 0.388. The second-order valence-corrected chi connectivity index (χ2v) is 9.51. The molecule has 0 saturated carbocycles. The first-order valence-corrected chi connectivity index (χ1v) is 10.1. The number of nitrogens with zero attached hydrogens (tertiary/aromatic N) is 1. The van der Waals surface area contributed by atoms with E-state index in [1.165, 1.54) is 12.4 Å². The van der Waals surface area contributed by atoms with Crippen molar-refractivity contribution in [2.75, 3.05) is 0 Å². The van der Waals surface area contributed by atoms with Crippen LogP contribution in [0.2, 0.25) is 0 Å². The van der Waals surface area contributed by atoms with Crippen molar-refractivity contribution in [3.05, 3.63) is 54.4 Å². The van der Waals surface area contributed by atoms with E-state index in [-0.39, 0.29) is 0 Å². The van der Waals surface area contributed by atoms with E-state index in [1.54, 1.807) is 12.1 Å². The number of aliphatic hydroxyl groups is 1. The number of rotatable bonds is 5.